The van der Waals surface area contributed by atoms with E-state index in [0.29, 0.717) is 5.82 Å². The first kappa shape index (κ1) is 13.9. The smallest absolute Gasteiger partial charge is 0.237 e. The molecule has 4 nitrogen and oxygen atoms in total. The highest BCUT2D eigenvalue weighted by atomic mass is 16.5. The molecule has 1 aromatic carbocycles. The fourth-order valence-corrected chi connectivity index (χ4v) is 3.95. The van der Waals surface area contributed by atoms with Crippen LogP contribution in [0.3, 0.4) is 0 Å². The molecule has 4 rings (SSSR count). The van der Waals surface area contributed by atoms with E-state index < -0.39 is 0 Å². The van der Waals surface area contributed by atoms with Crippen molar-refractivity contribution in [1.29, 1.82) is 0 Å². The molecule has 0 amide bonds. The molecule has 0 radical (unpaired) electrons. The van der Waals surface area contributed by atoms with Gasteiger partial charge in [0.05, 0.1) is 11.0 Å². The maximum atomic E-state index is 6.36. The fourth-order valence-electron chi connectivity index (χ4n) is 3.95. The number of aryl methyl sites for hydroxylation is 1. The van der Waals surface area contributed by atoms with Gasteiger partial charge in [-0.15, -0.1) is 0 Å². The zero-order chi connectivity index (χ0) is 15.2. The first-order chi connectivity index (χ1) is 10.6. The van der Waals surface area contributed by atoms with Gasteiger partial charge in [0.1, 0.15) is 0 Å². The predicted molar refractivity (Wildman–Crippen MR) is 84.4 cm³/mol. The van der Waals surface area contributed by atoms with Crippen molar-refractivity contribution in [2.45, 2.75) is 62.8 Å². The number of nitrogens with two attached hydrogens (primary N) is 1. The van der Waals surface area contributed by atoms with Gasteiger partial charge in [0.15, 0.2) is 5.82 Å². The van der Waals surface area contributed by atoms with Crippen molar-refractivity contribution in [3.8, 4) is 0 Å². The molecule has 0 unspecified atom stereocenters. The summed E-state index contributed by atoms with van der Waals surface area (Å²) in [5.41, 5.74) is 8.47. The van der Waals surface area contributed by atoms with Gasteiger partial charge in [-0.1, -0.05) is 47.8 Å². The van der Waals surface area contributed by atoms with Crippen LogP contribution in [0.4, 0.5) is 0 Å². The number of benzene rings is 1. The molecule has 2 aliphatic rings. The van der Waals surface area contributed by atoms with Gasteiger partial charge in [0, 0.05) is 0 Å². The number of hydrogen-bond acceptors (Lipinski definition) is 4. The molecule has 2 aromatic rings. The number of hydrogen-bond donors (Lipinski definition) is 1. The Balaban J connectivity index is 1.76. The molecule has 4 heteroatoms. The van der Waals surface area contributed by atoms with Crippen molar-refractivity contribution >= 4 is 0 Å². The maximum absolute atomic E-state index is 6.36. The van der Waals surface area contributed by atoms with Gasteiger partial charge in [0.2, 0.25) is 5.89 Å². The summed E-state index contributed by atoms with van der Waals surface area (Å²) in [7, 11) is 0. The molecule has 0 saturated heterocycles. The highest BCUT2D eigenvalue weighted by Crippen LogP contribution is 2.47. The second-order valence-corrected chi connectivity index (χ2v) is 7.09. The third-order valence-electron chi connectivity index (χ3n) is 5.55. The van der Waals surface area contributed by atoms with Crippen LogP contribution in [0.2, 0.25) is 0 Å². The summed E-state index contributed by atoms with van der Waals surface area (Å²) in [4.78, 5) is 4.76. The number of aromatic nitrogens is 2. The average molecular weight is 297 g/mol. The van der Waals surface area contributed by atoms with Gasteiger partial charge in [-0.2, -0.15) is 4.98 Å². The lowest BCUT2D eigenvalue weighted by Crippen LogP contribution is -2.44. The van der Waals surface area contributed by atoms with E-state index in [1.165, 1.54) is 24.0 Å². The maximum Gasteiger partial charge on any atom is 0.237 e. The van der Waals surface area contributed by atoms with Gasteiger partial charge in [0.25, 0.3) is 0 Å². The van der Waals surface area contributed by atoms with Gasteiger partial charge < -0.3 is 10.3 Å². The van der Waals surface area contributed by atoms with Gasteiger partial charge >= 0.3 is 0 Å². The van der Waals surface area contributed by atoms with Crippen LogP contribution in [0, 0.1) is 6.92 Å². The van der Waals surface area contributed by atoms with E-state index in [1.807, 2.05) is 0 Å². The molecule has 1 heterocycles. The van der Waals surface area contributed by atoms with E-state index in [4.69, 9.17) is 15.2 Å². The summed E-state index contributed by atoms with van der Waals surface area (Å²) in [6.45, 7) is 2.13. The van der Waals surface area contributed by atoms with Gasteiger partial charge in [-0.25, -0.2) is 0 Å². The fraction of sp³-hybridized carbons (Fsp3) is 0.556. The molecule has 2 N–H and O–H groups in total. The first-order valence-electron chi connectivity index (χ1n) is 8.33. The minimum absolute atomic E-state index is 0.114. The Hall–Kier alpha value is -1.68. The van der Waals surface area contributed by atoms with Crippen LogP contribution in [-0.2, 0) is 11.0 Å². The van der Waals surface area contributed by atoms with Gasteiger partial charge in [-0.3, -0.25) is 0 Å². The molecular formula is C18H23N3O. The molecule has 0 spiro atoms. The van der Waals surface area contributed by atoms with Crippen molar-refractivity contribution in [3.63, 3.8) is 0 Å². The SMILES string of the molecule is Cc1cccc(C2(c3nc(C4(N)CCC4)no3)CCCC2)c1. The standard InChI is InChI=1S/C18H23N3O/c1-13-6-4-7-14(12-13)17(8-2-3-9-17)16-20-15(21-22-16)18(19)10-5-11-18/h4,6-7,12H,2-3,5,8-11,19H2,1H3. The topological polar surface area (TPSA) is 64.9 Å². The molecule has 116 valence electrons. The molecule has 2 aliphatic carbocycles. The van der Waals surface area contributed by atoms with E-state index in [0.717, 1.165) is 38.0 Å². The Kier molecular flexibility index (Phi) is 3.12. The van der Waals surface area contributed by atoms with E-state index in [-0.39, 0.29) is 11.0 Å². The molecule has 1 aromatic heterocycles. The molecule has 2 fully saturated rings. The quantitative estimate of drug-likeness (QED) is 0.940. The van der Waals surface area contributed by atoms with E-state index >= 15 is 0 Å². The monoisotopic (exact) mass is 297 g/mol. The highest BCUT2D eigenvalue weighted by Gasteiger charge is 2.45. The van der Waals surface area contributed by atoms with Crippen molar-refractivity contribution in [2.24, 2.45) is 5.73 Å². The third kappa shape index (κ3) is 2.01. The minimum Gasteiger partial charge on any atom is -0.338 e. The third-order valence-corrected chi connectivity index (χ3v) is 5.55. The molecule has 0 bridgehead atoms. The molecule has 2 saturated carbocycles. The van der Waals surface area contributed by atoms with Gasteiger partial charge in [-0.05, 0) is 44.6 Å². The highest BCUT2D eigenvalue weighted by molar-refractivity contribution is 5.36. The van der Waals surface area contributed by atoms with E-state index in [2.05, 4.69) is 36.3 Å². The molecule has 22 heavy (non-hydrogen) atoms. The molecular weight excluding hydrogens is 274 g/mol. The van der Waals surface area contributed by atoms with Crippen molar-refractivity contribution in [1.82, 2.24) is 10.1 Å². The second kappa shape index (κ2) is 4.92. The normalized spacial score (nSPS) is 22.5. The minimum atomic E-state index is -0.353. The largest absolute Gasteiger partial charge is 0.338 e. The van der Waals surface area contributed by atoms with Crippen LogP contribution >= 0.6 is 0 Å². The Labute approximate surface area is 131 Å². The zero-order valence-electron chi connectivity index (χ0n) is 13.1. The second-order valence-electron chi connectivity index (χ2n) is 7.09. The summed E-state index contributed by atoms with van der Waals surface area (Å²) in [5, 5.41) is 4.24. The van der Waals surface area contributed by atoms with E-state index in [1.54, 1.807) is 0 Å². The van der Waals surface area contributed by atoms with Crippen LogP contribution < -0.4 is 5.73 Å². The zero-order valence-corrected chi connectivity index (χ0v) is 13.1. The summed E-state index contributed by atoms with van der Waals surface area (Å²) in [6, 6.07) is 8.72. The van der Waals surface area contributed by atoms with E-state index in [9.17, 15) is 0 Å². The Bertz CT molecular complexity index is 681. The Morgan fingerprint density at radius 3 is 2.50 bits per heavy atom. The van der Waals surface area contributed by atoms with Crippen LogP contribution in [0.25, 0.3) is 0 Å². The van der Waals surface area contributed by atoms with Crippen LogP contribution in [0.1, 0.15) is 67.8 Å². The Morgan fingerprint density at radius 2 is 1.86 bits per heavy atom. The lowest BCUT2D eigenvalue weighted by molar-refractivity contribution is 0.227. The lowest BCUT2D eigenvalue weighted by Gasteiger charge is -2.34. The summed E-state index contributed by atoms with van der Waals surface area (Å²) in [6.07, 6.45) is 7.65. The van der Waals surface area contributed by atoms with Crippen LogP contribution in [0.15, 0.2) is 28.8 Å². The summed E-state index contributed by atoms with van der Waals surface area (Å²) >= 11 is 0. The first-order valence-corrected chi connectivity index (χ1v) is 8.33. The molecule has 0 aliphatic heterocycles. The van der Waals surface area contributed by atoms with Crippen LogP contribution in [0.5, 0.6) is 0 Å². The predicted octanol–water partition coefficient (Wildman–Crippen LogP) is 3.58. The van der Waals surface area contributed by atoms with Crippen molar-refractivity contribution < 1.29 is 4.52 Å². The van der Waals surface area contributed by atoms with Crippen molar-refractivity contribution in [3.05, 3.63) is 47.1 Å². The summed E-state index contributed by atoms with van der Waals surface area (Å²) in [5.74, 6) is 1.47. The number of nitrogens with zero attached hydrogens (tertiary/aromatic N) is 2. The number of rotatable bonds is 3. The summed E-state index contributed by atoms with van der Waals surface area (Å²) < 4.78 is 5.73. The average Bonchev–Trinajstić information content (AvgIpc) is 3.14. The lowest BCUT2D eigenvalue weighted by atomic mass is 9.76. The Morgan fingerprint density at radius 1 is 1.09 bits per heavy atom. The molecule has 0 atom stereocenters. The van der Waals surface area contributed by atoms with Crippen molar-refractivity contribution in [2.75, 3.05) is 0 Å². The van der Waals surface area contributed by atoms with Crippen LogP contribution in [-0.4, -0.2) is 10.1 Å².